The summed E-state index contributed by atoms with van der Waals surface area (Å²) < 4.78 is 5.25. The van der Waals surface area contributed by atoms with E-state index in [9.17, 15) is 14.9 Å². The van der Waals surface area contributed by atoms with Gasteiger partial charge in [-0.2, -0.15) is 0 Å². The van der Waals surface area contributed by atoms with E-state index < -0.39 is 17.1 Å². The molecule has 6 heteroatoms. The van der Waals surface area contributed by atoms with Crippen LogP contribution in [0, 0.1) is 10.1 Å². The number of benzene rings is 1. The molecule has 0 N–H and O–H groups in total. The van der Waals surface area contributed by atoms with Crippen molar-refractivity contribution in [1.29, 1.82) is 0 Å². The topological polar surface area (TPSA) is 72.7 Å². The van der Waals surface area contributed by atoms with Gasteiger partial charge >= 0.3 is 5.97 Å². The van der Waals surface area contributed by atoms with E-state index in [1.54, 1.807) is 13.0 Å². The molecule has 0 spiro atoms. The first-order valence-corrected chi connectivity index (χ1v) is 6.19. The van der Waals surface area contributed by atoms with Gasteiger partial charge in [-0.25, -0.2) is 4.79 Å². The second-order valence-corrected chi connectivity index (χ2v) is 4.00. The van der Waals surface area contributed by atoms with E-state index in [2.05, 4.69) is 0 Å². The van der Waals surface area contributed by atoms with Crippen molar-refractivity contribution in [3.05, 3.63) is 39.9 Å². The lowest BCUT2D eigenvalue weighted by Gasteiger charge is -2.25. The van der Waals surface area contributed by atoms with Crippen LogP contribution in [-0.4, -0.2) is 35.1 Å². The van der Waals surface area contributed by atoms with Gasteiger partial charge in [0.25, 0.3) is 5.69 Å². The van der Waals surface area contributed by atoms with Crippen molar-refractivity contribution < 1.29 is 14.5 Å². The summed E-state index contributed by atoms with van der Waals surface area (Å²) >= 11 is 0. The highest BCUT2D eigenvalue weighted by Gasteiger charge is 2.23. The maximum Gasteiger partial charge on any atom is 0.346 e. The second kappa shape index (κ2) is 6.84. The van der Waals surface area contributed by atoms with E-state index in [1.807, 2.05) is 18.7 Å². The molecule has 0 aromatic heterocycles. The van der Waals surface area contributed by atoms with Gasteiger partial charge in [-0.15, -0.1) is 0 Å². The molecule has 0 amide bonds. The number of nitrogens with zero attached hydrogens (tertiary/aromatic N) is 2. The highest BCUT2D eigenvalue weighted by Crippen LogP contribution is 2.19. The van der Waals surface area contributed by atoms with Crippen molar-refractivity contribution in [2.75, 3.05) is 13.1 Å². The van der Waals surface area contributed by atoms with Gasteiger partial charge in [0.05, 0.1) is 4.92 Å². The maximum atomic E-state index is 12.0. The van der Waals surface area contributed by atoms with Gasteiger partial charge in [0.1, 0.15) is 5.56 Å². The largest absolute Gasteiger partial charge is 0.443 e. The molecule has 1 aromatic carbocycles. The Balaban J connectivity index is 2.87. The minimum atomic E-state index is -0.674. The third-order valence-electron chi connectivity index (χ3n) is 2.92. The molecule has 6 nitrogen and oxygen atoms in total. The number of hydrogen-bond acceptors (Lipinski definition) is 5. The Morgan fingerprint density at radius 3 is 2.47 bits per heavy atom. The third-order valence-corrected chi connectivity index (χ3v) is 2.92. The molecule has 104 valence electrons. The lowest BCUT2D eigenvalue weighted by atomic mass is 10.2. The number of para-hydroxylation sites is 1. The zero-order chi connectivity index (χ0) is 14.4. The van der Waals surface area contributed by atoms with E-state index in [4.69, 9.17) is 4.74 Å². The van der Waals surface area contributed by atoms with Crippen LogP contribution in [0.5, 0.6) is 0 Å². The lowest BCUT2D eigenvalue weighted by Crippen LogP contribution is -2.36. The average molecular weight is 266 g/mol. The number of rotatable bonds is 6. The number of nitro benzene ring substituents is 1. The van der Waals surface area contributed by atoms with Gasteiger partial charge in [0.2, 0.25) is 0 Å². The number of nitro groups is 1. The van der Waals surface area contributed by atoms with Gasteiger partial charge in [0.15, 0.2) is 6.23 Å². The molecular formula is C13H18N2O4. The lowest BCUT2D eigenvalue weighted by molar-refractivity contribution is -0.385. The molecule has 1 aromatic rings. The summed E-state index contributed by atoms with van der Waals surface area (Å²) in [6.45, 7) is 7.14. The normalized spacial score (nSPS) is 12.2. The van der Waals surface area contributed by atoms with Crippen LogP contribution in [0.15, 0.2) is 24.3 Å². The van der Waals surface area contributed by atoms with Crippen LogP contribution in [-0.2, 0) is 4.74 Å². The molecule has 0 bridgehead atoms. The second-order valence-electron chi connectivity index (χ2n) is 4.00. The van der Waals surface area contributed by atoms with Crippen molar-refractivity contribution >= 4 is 11.7 Å². The zero-order valence-corrected chi connectivity index (χ0v) is 11.3. The van der Waals surface area contributed by atoms with Crippen LogP contribution >= 0.6 is 0 Å². The summed E-state index contributed by atoms with van der Waals surface area (Å²) in [6.07, 6.45) is -0.415. The Morgan fingerprint density at radius 2 is 1.95 bits per heavy atom. The molecular weight excluding hydrogens is 248 g/mol. The summed E-state index contributed by atoms with van der Waals surface area (Å²) in [5.74, 6) is -0.674. The predicted octanol–water partition coefficient (Wildman–Crippen LogP) is 2.44. The Hall–Kier alpha value is -1.95. The number of carbonyl (C=O) groups excluding carboxylic acids is 1. The molecule has 0 aliphatic rings. The van der Waals surface area contributed by atoms with E-state index in [1.165, 1.54) is 18.2 Å². The summed E-state index contributed by atoms with van der Waals surface area (Å²) in [7, 11) is 0. The molecule has 0 aliphatic heterocycles. The standard InChI is InChI=1S/C13H18N2O4/c1-4-14(5-2)10(3)19-13(16)11-8-6-7-9-12(11)15(17)18/h6-10H,4-5H2,1-3H3. The predicted molar refractivity (Wildman–Crippen MR) is 70.9 cm³/mol. The number of ether oxygens (including phenoxy) is 1. The van der Waals surface area contributed by atoms with Crippen molar-refractivity contribution in [2.24, 2.45) is 0 Å². The zero-order valence-electron chi connectivity index (χ0n) is 11.3. The first-order chi connectivity index (χ1) is 9.01. The number of esters is 1. The quantitative estimate of drug-likeness (QED) is 0.342. The Kier molecular flexibility index (Phi) is 5.44. The van der Waals surface area contributed by atoms with Gasteiger partial charge < -0.3 is 4.74 Å². The highest BCUT2D eigenvalue weighted by atomic mass is 16.6. The summed E-state index contributed by atoms with van der Waals surface area (Å²) in [4.78, 5) is 24.2. The van der Waals surface area contributed by atoms with E-state index in [0.29, 0.717) is 0 Å². The minimum Gasteiger partial charge on any atom is -0.443 e. The Morgan fingerprint density at radius 1 is 1.37 bits per heavy atom. The van der Waals surface area contributed by atoms with E-state index in [0.717, 1.165) is 13.1 Å². The Bertz CT molecular complexity index is 458. The van der Waals surface area contributed by atoms with Gasteiger partial charge in [-0.05, 0) is 26.1 Å². The van der Waals surface area contributed by atoms with E-state index >= 15 is 0 Å². The van der Waals surface area contributed by atoms with Crippen LogP contribution in [0.1, 0.15) is 31.1 Å². The van der Waals surface area contributed by atoms with E-state index in [-0.39, 0.29) is 11.3 Å². The minimum absolute atomic E-state index is 0.0218. The SMILES string of the molecule is CCN(CC)C(C)OC(=O)c1ccccc1[N+](=O)[O-]. The maximum absolute atomic E-state index is 12.0. The molecule has 0 saturated carbocycles. The van der Waals surface area contributed by atoms with Crippen LogP contribution < -0.4 is 0 Å². The molecule has 0 fully saturated rings. The first-order valence-electron chi connectivity index (χ1n) is 6.19. The van der Waals surface area contributed by atoms with Gasteiger partial charge in [0, 0.05) is 6.07 Å². The van der Waals surface area contributed by atoms with Crippen LogP contribution in [0.2, 0.25) is 0 Å². The van der Waals surface area contributed by atoms with Gasteiger partial charge in [-0.3, -0.25) is 15.0 Å². The molecule has 0 radical (unpaired) electrons. The van der Waals surface area contributed by atoms with Crippen molar-refractivity contribution in [1.82, 2.24) is 4.90 Å². The fraction of sp³-hybridized carbons (Fsp3) is 0.462. The molecule has 1 atom stereocenters. The highest BCUT2D eigenvalue weighted by molar-refractivity contribution is 5.93. The molecule has 1 rings (SSSR count). The van der Waals surface area contributed by atoms with Crippen LogP contribution in [0.4, 0.5) is 5.69 Å². The molecule has 19 heavy (non-hydrogen) atoms. The van der Waals surface area contributed by atoms with Crippen molar-refractivity contribution in [2.45, 2.75) is 27.0 Å². The smallest absolute Gasteiger partial charge is 0.346 e. The summed E-state index contributed by atoms with van der Waals surface area (Å²) in [5, 5.41) is 10.8. The monoisotopic (exact) mass is 266 g/mol. The average Bonchev–Trinajstić information content (AvgIpc) is 2.40. The summed E-state index contributed by atoms with van der Waals surface area (Å²) in [5.41, 5.74) is -0.259. The third kappa shape index (κ3) is 3.75. The number of hydrogen-bond donors (Lipinski definition) is 0. The summed E-state index contributed by atoms with van der Waals surface area (Å²) in [6, 6.07) is 5.78. The van der Waals surface area contributed by atoms with Crippen molar-refractivity contribution in [3.8, 4) is 0 Å². The van der Waals surface area contributed by atoms with Gasteiger partial charge in [-0.1, -0.05) is 26.0 Å². The molecule has 0 aliphatic carbocycles. The molecule has 0 saturated heterocycles. The fourth-order valence-electron chi connectivity index (χ4n) is 1.84. The fourth-order valence-corrected chi connectivity index (χ4v) is 1.84. The molecule has 1 unspecified atom stereocenters. The van der Waals surface area contributed by atoms with Crippen LogP contribution in [0.25, 0.3) is 0 Å². The first kappa shape index (κ1) is 15.1. The Labute approximate surface area is 112 Å². The van der Waals surface area contributed by atoms with Crippen LogP contribution in [0.3, 0.4) is 0 Å². The molecule has 0 heterocycles. The van der Waals surface area contributed by atoms with Crippen molar-refractivity contribution in [3.63, 3.8) is 0 Å². The number of carbonyl (C=O) groups is 1.